The molecule has 0 aliphatic heterocycles. The Balaban J connectivity index is 2.22. The van der Waals surface area contributed by atoms with Crippen LogP contribution in [0.2, 0.25) is 0 Å². The van der Waals surface area contributed by atoms with E-state index < -0.39 is 10.8 Å². The zero-order valence-electron chi connectivity index (χ0n) is 15.8. The van der Waals surface area contributed by atoms with Gasteiger partial charge in [0.25, 0.3) is 0 Å². The maximum Gasteiger partial charge on any atom is 0.143 e. The molecule has 1 atom stereocenters. The number of benzene rings is 2. The van der Waals surface area contributed by atoms with E-state index in [9.17, 15) is 4.21 Å². The Bertz CT molecular complexity index is 814. The molecule has 0 saturated heterocycles. The number of nitrogen functional groups attached to an aromatic ring is 1. The summed E-state index contributed by atoms with van der Waals surface area (Å²) in [5.41, 5.74) is 4.76. The van der Waals surface area contributed by atoms with Crippen LogP contribution in [0.1, 0.15) is 11.1 Å². The van der Waals surface area contributed by atoms with Gasteiger partial charge in [0.2, 0.25) is 0 Å². The minimum atomic E-state index is -1.25. The first-order valence-electron chi connectivity index (χ1n) is 8.05. The van der Waals surface area contributed by atoms with Gasteiger partial charge in [-0.05, 0) is 23.8 Å². The molecule has 27 heavy (non-hydrogen) atoms. The van der Waals surface area contributed by atoms with Gasteiger partial charge in [0.1, 0.15) is 23.0 Å². The van der Waals surface area contributed by atoms with Crippen LogP contribution in [0.3, 0.4) is 0 Å². The van der Waals surface area contributed by atoms with Gasteiger partial charge in [0.15, 0.2) is 0 Å². The van der Waals surface area contributed by atoms with Crippen molar-refractivity contribution in [3.63, 3.8) is 0 Å². The second-order valence-electron chi connectivity index (χ2n) is 5.45. The fraction of sp³-hybridized carbons (Fsp3) is 0.263. The Morgan fingerprint density at radius 1 is 0.963 bits per heavy atom. The van der Waals surface area contributed by atoms with Gasteiger partial charge >= 0.3 is 0 Å². The van der Waals surface area contributed by atoms with E-state index in [1.807, 2.05) is 6.07 Å². The molecule has 7 nitrogen and oxygen atoms in total. The lowest BCUT2D eigenvalue weighted by Gasteiger charge is -2.12. The fourth-order valence-corrected chi connectivity index (χ4v) is 3.40. The highest BCUT2D eigenvalue weighted by molar-refractivity contribution is 7.87. The number of hydrogen-bond acceptors (Lipinski definition) is 7. The first kappa shape index (κ1) is 20.6. The zero-order chi connectivity index (χ0) is 19.8. The number of hydrazine groups is 1. The average Bonchev–Trinajstić information content (AvgIpc) is 2.71. The number of ether oxygens (including phenoxy) is 4. The molecule has 0 radical (unpaired) electrons. The van der Waals surface area contributed by atoms with E-state index >= 15 is 0 Å². The van der Waals surface area contributed by atoms with Crippen LogP contribution in [0, 0.1) is 0 Å². The van der Waals surface area contributed by atoms with Crippen LogP contribution in [-0.4, -0.2) is 32.6 Å². The van der Waals surface area contributed by atoms with Gasteiger partial charge in [-0.15, -0.1) is 0 Å². The van der Waals surface area contributed by atoms with E-state index in [-0.39, 0.29) is 0 Å². The minimum Gasteiger partial charge on any atom is -0.496 e. The molecule has 8 heteroatoms. The van der Waals surface area contributed by atoms with Crippen molar-refractivity contribution >= 4 is 22.6 Å². The van der Waals surface area contributed by atoms with Crippen molar-refractivity contribution in [1.29, 1.82) is 0 Å². The Kier molecular flexibility index (Phi) is 7.51. The normalized spacial score (nSPS) is 11.9. The molecular weight excluding hydrogens is 368 g/mol. The monoisotopic (exact) mass is 392 g/mol. The van der Waals surface area contributed by atoms with Gasteiger partial charge in [0, 0.05) is 17.5 Å². The van der Waals surface area contributed by atoms with E-state index in [0.717, 1.165) is 5.56 Å². The summed E-state index contributed by atoms with van der Waals surface area (Å²) in [6, 6.07) is 8.92. The van der Waals surface area contributed by atoms with Crippen molar-refractivity contribution in [3.05, 3.63) is 46.9 Å². The van der Waals surface area contributed by atoms with E-state index in [2.05, 4.69) is 5.43 Å². The van der Waals surface area contributed by atoms with E-state index in [1.54, 1.807) is 64.2 Å². The van der Waals surface area contributed by atoms with Crippen LogP contribution in [-0.2, 0) is 16.6 Å². The van der Waals surface area contributed by atoms with E-state index in [1.165, 1.54) is 0 Å². The van der Waals surface area contributed by atoms with Crippen molar-refractivity contribution in [1.82, 2.24) is 0 Å². The molecule has 0 heterocycles. The van der Waals surface area contributed by atoms with Crippen LogP contribution in [0.5, 0.6) is 23.0 Å². The third kappa shape index (κ3) is 5.15. The van der Waals surface area contributed by atoms with E-state index in [4.69, 9.17) is 24.8 Å². The molecular formula is C19H24N2O5S. The lowest BCUT2D eigenvalue weighted by molar-refractivity contribution is 0.374. The van der Waals surface area contributed by atoms with Crippen molar-refractivity contribution in [2.24, 2.45) is 5.84 Å². The predicted molar refractivity (Wildman–Crippen MR) is 108 cm³/mol. The largest absolute Gasteiger partial charge is 0.496 e. The molecule has 2 rings (SSSR count). The highest BCUT2D eigenvalue weighted by Crippen LogP contribution is 2.35. The summed E-state index contributed by atoms with van der Waals surface area (Å²) >= 11 is 0. The zero-order valence-corrected chi connectivity index (χ0v) is 16.6. The highest BCUT2D eigenvalue weighted by atomic mass is 32.2. The number of hydrogen-bond donors (Lipinski definition) is 2. The van der Waals surface area contributed by atoms with Gasteiger partial charge in [-0.25, -0.2) is 0 Å². The quantitative estimate of drug-likeness (QED) is 0.501. The maximum absolute atomic E-state index is 12.5. The summed E-state index contributed by atoms with van der Waals surface area (Å²) in [6.07, 6.45) is 1.72. The van der Waals surface area contributed by atoms with Crippen molar-refractivity contribution < 1.29 is 23.2 Å². The first-order valence-corrected chi connectivity index (χ1v) is 9.43. The smallest absolute Gasteiger partial charge is 0.143 e. The molecule has 0 bridgehead atoms. The Hall–Kier alpha value is -2.71. The van der Waals surface area contributed by atoms with Gasteiger partial charge < -0.3 is 24.4 Å². The summed E-state index contributed by atoms with van der Waals surface area (Å²) < 4.78 is 33.7. The molecule has 0 amide bonds. The van der Waals surface area contributed by atoms with Crippen LogP contribution in [0.4, 0.5) is 5.69 Å². The SMILES string of the molecule is COc1cc(OC)c(/C=C/S(=O)Cc2ccc(OC)c(NN)c2)c(OC)c1. The van der Waals surface area contributed by atoms with Gasteiger partial charge in [0.05, 0.1) is 56.2 Å². The summed E-state index contributed by atoms with van der Waals surface area (Å²) in [5.74, 6) is 8.19. The summed E-state index contributed by atoms with van der Waals surface area (Å²) in [7, 11) is 4.99. The third-order valence-electron chi connectivity index (χ3n) is 3.87. The number of anilines is 1. The van der Waals surface area contributed by atoms with Gasteiger partial charge in [-0.3, -0.25) is 10.1 Å². The van der Waals surface area contributed by atoms with Crippen LogP contribution >= 0.6 is 0 Å². The van der Waals surface area contributed by atoms with Crippen molar-refractivity contribution in [2.45, 2.75) is 5.75 Å². The van der Waals surface area contributed by atoms with Crippen molar-refractivity contribution in [2.75, 3.05) is 33.9 Å². The molecule has 3 N–H and O–H groups in total. The molecule has 146 valence electrons. The van der Waals surface area contributed by atoms with Gasteiger partial charge in [-0.2, -0.15) is 0 Å². The minimum absolute atomic E-state index is 0.329. The lowest BCUT2D eigenvalue weighted by atomic mass is 10.1. The predicted octanol–water partition coefficient (Wildman–Crippen LogP) is 2.93. The molecule has 0 saturated carbocycles. The average molecular weight is 392 g/mol. The van der Waals surface area contributed by atoms with Crippen LogP contribution in [0.15, 0.2) is 35.7 Å². The van der Waals surface area contributed by atoms with Gasteiger partial charge in [-0.1, -0.05) is 6.07 Å². The molecule has 0 fully saturated rings. The Labute approximate surface area is 161 Å². The fourth-order valence-electron chi connectivity index (χ4n) is 2.51. The van der Waals surface area contributed by atoms with E-state index in [0.29, 0.717) is 40.0 Å². The molecule has 0 aliphatic carbocycles. The highest BCUT2D eigenvalue weighted by Gasteiger charge is 2.11. The second-order valence-corrected chi connectivity index (χ2v) is 6.77. The molecule has 0 aliphatic rings. The van der Waals surface area contributed by atoms with Crippen molar-refractivity contribution in [3.8, 4) is 23.0 Å². The Morgan fingerprint density at radius 3 is 2.11 bits per heavy atom. The topological polar surface area (TPSA) is 92.0 Å². The summed E-state index contributed by atoms with van der Waals surface area (Å²) in [6.45, 7) is 0. The number of methoxy groups -OCH3 is 4. The lowest BCUT2D eigenvalue weighted by Crippen LogP contribution is -2.08. The number of nitrogens with one attached hydrogen (secondary N) is 1. The number of nitrogens with two attached hydrogens (primary N) is 1. The third-order valence-corrected chi connectivity index (χ3v) is 4.93. The Morgan fingerprint density at radius 2 is 1.59 bits per heavy atom. The first-order chi connectivity index (χ1) is 13.1. The molecule has 1 unspecified atom stereocenters. The standard InChI is InChI=1S/C19H24N2O5S/c1-23-14-10-18(25-3)15(19(11-14)26-4)7-8-27(22)12-13-5-6-17(24-2)16(9-13)21-20/h5-11,21H,12,20H2,1-4H3/b8-7+. The molecule has 2 aromatic rings. The van der Waals surface area contributed by atoms with Crippen LogP contribution in [0.25, 0.3) is 6.08 Å². The summed E-state index contributed by atoms with van der Waals surface area (Å²) in [5, 5.41) is 1.60. The maximum atomic E-state index is 12.5. The van der Waals surface area contributed by atoms with Crippen LogP contribution < -0.4 is 30.2 Å². The second kappa shape index (κ2) is 9.84. The molecule has 0 spiro atoms. The number of rotatable bonds is 9. The molecule has 2 aromatic carbocycles. The summed E-state index contributed by atoms with van der Waals surface area (Å²) in [4.78, 5) is 0. The molecule has 0 aromatic heterocycles.